The Balaban J connectivity index is 1.18. The zero-order valence-electron chi connectivity index (χ0n) is 33.4. The maximum absolute atomic E-state index is 5.51. The van der Waals surface area contributed by atoms with Gasteiger partial charge in [0.05, 0.1) is 16.6 Å². The van der Waals surface area contributed by atoms with Gasteiger partial charge in [0.25, 0.3) is 0 Å². The first-order valence-electron chi connectivity index (χ1n) is 20.7. The van der Waals surface area contributed by atoms with Crippen LogP contribution in [0.25, 0.3) is 115 Å². The van der Waals surface area contributed by atoms with Crippen molar-refractivity contribution in [3.63, 3.8) is 0 Å². The molecule has 0 aliphatic rings. The molecule has 0 atom stereocenters. The third-order valence-corrected chi connectivity index (χ3v) is 12.8. The molecule has 0 aliphatic carbocycles. The molecule has 5 nitrogen and oxygen atoms in total. The maximum atomic E-state index is 5.51. The van der Waals surface area contributed by atoms with Gasteiger partial charge in [-0.1, -0.05) is 170 Å². The predicted octanol–water partition coefficient (Wildman–Crippen LogP) is 14.7. The molecular formula is C56H35N5S. The Kier molecular flexibility index (Phi) is 8.61. The van der Waals surface area contributed by atoms with Crippen LogP contribution in [0.2, 0.25) is 0 Å². The van der Waals surface area contributed by atoms with Gasteiger partial charge >= 0.3 is 0 Å². The molecule has 0 fully saturated rings. The molecule has 12 rings (SSSR count). The van der Waals surface area contributed by atoms with Crippen molar-refractivity contribution in [3.8, 4) is 73.4 Å². The number of hydrogen-bond donors (Lipinski definition) is 0. The Morgan fingerprint density at radius 1 is 0.323 bits per heavy atom. The fourth-order valence-electron chi connectivity index (χ4n) is 8.75. The van der Waals surface area contributed by atoms with Gasteiger partial charge < -0.3 is 0 Å². The normalized spacial score (nSPS) is 11.5. The summed E-state index contributed by atoms with van der Waals surface area (Å²) >= 11 is 1.84. The van der Waals surface area contributed by atoms with Gasteiger partial charge in [-0.3, -0.25) is 4.57 Å². The maximum Gasteiger partial charge on any atom is 0.167 e. The fraction of sp³-hybridized carbons (Fsp3) is 0. The molecule has 4 aromatic heterocycles. The molecule has 62 heavy (non-hydrogen) atoms. The summed E-state index contributed by atoms with van der Waals surface area (Å²) in [4.78, 5) is 21.2. The number of pyridine rings is 1. The summed E-state index contributed by atoms with van der Waals surface area (Å²) in [5.41, 5.74) is 11.3. The zero-order valence-corrected chi connectivity index (χ0v) is 34.2. The summed E-state index contributed by atoms with van der Waals surface area (Å²) in [5.74, 6) is 2.46. The highest BCUT2D eigenvalue weighted by Gasteiger charge is 2.23. The Morgan fingerprint density at radius 2 is 0.887 bits per heavy atom. The minimum absolute atomic E-state index is 0.538. The number of rotatable bonds is 7. The van der Waals surface area contributed by atoms with E-state index in [1.54, 1.807) is 0 Å². The van der Waals surface area contributed by atoms with Crippen LogP contribution in [0.5, 0.6) is 0 Å². The highest BCUT2D eigenvalue weighted by atomic mass is 32.1. The van der Waals surface area contributed by atoms with Gasteiger partial charge in [0.2, 0.25) is 0 Å². The number of benzene rings is 8. The monoisotopic (exact) mass is 809 g/mol. The third-order valence-electron chi connectivity index (χ3n) is 11.7. The van der Waals surface area contributed by atoms with Crippen molar-refractivity contribution in [3.05, 3.63) is 212 Å². The number of aromatic nitrogens is 5. The molecule has 0 spiro atoms. The van der Waals surface area contributed by atoms with Gasteiger partial charge in [-0.2, -0.15) is 0 Å². The van der Waals surface area contributed by atoms with Crippen molar-refractivity contribution in [1.82, 2.24) is 24.5 Å². The highest BCUT2D eigenvalue weighted by molar-refractivity contribution is 7.25. The quantitative estimate of drug-likeness (QED) is 0.161. The summed E-state index contributed by atoms with van der Waals surface area (Å²) in [6.45, 7) is 0. The molecule has 0 radical (unpaired) electrons. The average Bonchev–Trinajstić information content (AvgIpc) is 3.88. The van der Waals surface area contributed by atoms with Gasteiger partial charge in [-0.25, -0.2) is 19.9 Å². The van der Waals surface area contributed by atoms with Crippen LogP contribution in [0.3, 0.4) is 0 Å². The molecule has 0 bridgehead atoms. The molecule has 0 saturated carbocycles. The van der Waals surface area contributed by atoms with Crippen LogP contribution >= 0.6 is 11.3 Å². The lowest BCUT2D eigenvalue weighted by Crippen LogP contribution is -2.06. The zero-order chi connectivity index (χ0) is 41.0. The standard InChI is InChI=1S/C56H35N5S/c1-5-17-36(18-6-1)40-29-30-42(37-19-7-2-8-20-37)45(31-40)41-32-48(55-59-53(38-21-9-3-10-22-38)58-54(60-55)39-23-11-4-12-24-39)56(57-35-41)61-49-27-15-13-25-43(49)46-34-52-47(33-50(46)61)44-26-14-16-28-51(44)62-52/h1-35H. The van der Waals surface area contributed by atoms with E-state index >= 15 is 0 Å². The molecule has 8 aromatic carbocycles. The molecule has 0 unspecified atom stereocenters. The van der Waals surface area contributed by atoms with Crippen molar-refractivity contribution in [2.24, 2.45) is 0 Å². The molecule has 0 saturated heterocycles. The van der Waals surface area contributed by atoms with Crippen molar-refractivity contribution in [2.75, 3.05) is 0 Å². The SMILES string of the molecule is c1ccc(-c2ccc(-c3ccccc3)c(-c3cnc(-n4c5ccccc5c5cc6sc7ccccc7c6cc54)c(-c4nc(-c5ccccc5)nc(-c5ccccc5)n4)c3)c2)cc1. The number of nitrogens with zero attached hydrogens (tertiary/aromatic N) is 5. The van der Waals surface area contributed by atoms with Crippen LogP contribution in [0.15, 0.2) is 212 Å². The number of para-hydroxylation sites is 1. The van der Waals surface area contributed by atoms with E-state index in [4.69, 9.17) is 19.9 Å². The van der Waals surface area contributed by atoms with E-state index in [0.717, 1.165) is 72.3 Å². The lowest BCUT2D eigenvalue weighted by molar-refractivity contribution is 1.04. The van der Waals surface area contributed by atoms with E-state index in [9.17, 15) is 0 Å². The third kappa shape index (κ3) is 6.16. The van der Waals surface area contributed by atoms with Gasteiger partial charge in [0, 0.05) is 53.8 Å². The Bertz CT molecular complexity index is 3560. The van der Waals surface area contributed by atoms with Crippen LogP contribution in [0.4, 0.5) is 0 Å². The van der Waals surface area contributed by atoms with Crippen LogP contribution in [0, 0.1) is 0 Å². The summed E-state index contributed by atoms with van der Waals surface area (Å²) in [6.07, 6.45) is 2.02. The number of hydrogen-bond acceptors (Lipinski definition) is 5. The molecule has 0 aliphatic heterocycles. The van der Waals surface area contributed by atoms with Crippen molar-refractivity contribution >= 4 is 53.3 Å². The highest BCUT2D eigenvalue weighted by Crippen LogP contribution is 2.43. The summed E-state index contributed by atoms with van der Waals surface area (Å²) in [7, 11) is 0. The van der Waals surface area contributed by atoms with Gasteiger partial charge in [0.1, 0.15) is 5.82 Å². The van der Waals surface area contributed by atoms with Crippen molar-refractivity contribution in [2.45, 2.75) is 0 Å². The number of fused-ring (bicyclic) bond motifs is 6. The Labute approximate surface area is 361 Å². The van der Waals surface area contributed by atoms with Gasteiger partial charge in [-0.15, -0.1) is 11.3 Å². The van der Waals surface area contributed by atoms with Crippen LogP contribution in [-0.4, -0.2) is 24.5 Å². The molecule has 290 valence electrons. The molecular weight excluding hydrogens is 775 g/mol. The lowest BCUT2D eigenvalue weighted by Gasteiger charge is -2.17. The van der Waals surface area contributed by atoms with Crippen LogP contribution in [-0.2, 0) is 0 Å². The van der Waals surface area contributed by atoms with E-state index < -0.39 is 0 Å². The van der Waals surface area contributed by atoms with Crippen LogP contribution < -0.4 is 0 Å². The molecule has 4 heterocycles. The smallest absolute Gasteiger partial charge is 0.167 e. The Hall–Kier alpha value is -8.06. The first kappa shape index (κ1) is 35.8. The summed E-state index contributed by atoms with van der Waals surface area (Å²) in [5, 5.41) is 4.80. The van der Waals surface area contributed by atoms with E-state index in [-0.39, 0.29) is 0 Å². The Morgan fingerprint density at radius 3 is 1.58 bits per heavy atom. The van der Waals surface area contributed by atoms with Crippen molar-refractivity contribution in [1.29, 1.82) is 0 Å². The average molecular weight is 810 g/mol. The second-order valence-electron chi connectivity index (χ2n) is 15.4. The molecule has 6 heteroatoms. The van der Waals surface area contributed by atoms with E-state index in [1.165, 1.54) is 25.6 Å². The minimum Gasteiger partial charge on any atom is -0.293 e. The van der Waals surface area contributed by atoms with E-state index in [0.29, 0.717) is 17.5 Å². The fourth-order valence-corrected chi connectivity index (χ4v) is 9.88. The summed E-state index contributed by atoms with van der Waals surface area (Å²) in [6, 6.07) is 72.4. The van der Waals surface area contributed by atoms with E-state index in [1.807, 2.05) is 78.2 Å². The lowest BCUT2D eigenvalue weighted by atomic mass is 9.91. The summed E-state index contributed by atoms with van der Waals surface area (Å²) < 4.78 is 4.84. The largest absolute Gasteiger partial charge is 0.293 e. The van der Waals surface area contributed by atoms with E-state index in [2.05, 4.69) is 150 Å². The number of thiophene rings is 1. The first-order chi connectivity index (χ1) is 30.7. The molecule has 12 aromatic rings. The second-order valence-corrected chi connectivity index (χ2v) is 16.5. The topological polar surface area (TPSA) is 56.5 Å². The van der Waals surface area contributed by atoms with Gasteiger partial charge in [0.15, 0.2) is 17.5 Å². The second kappa shape index (κ2) is 14.9. The predicted molar refractivity (Wildman–Crippen MR) is 257 cm³/mol. The van der Waals surface area contributed by atoms with Gasteiger partial charge in [-0.05, 0) is 64.2 Å². The molecule has 0 N–H and O–H groups in total. The molecule has 0 amide bonds. The van der Waals surface area contributed by atoms with Crippen LogP contribution in [0.1, 0.15) is 0 Å². The minimum atomic E-state index is 0.538. The van der Waals surface area contributed by atoms with Crippen molar-refractivity contribution < 1.29 is 0 Å². The first-order valence-corrected chi connectivity index (χ1v) is 21.5.